The largest absolute Gasteiger partial charge is 0.417 e. The fourth-order valence-corrected chi connectivity index (χ4v) is 2.67. The minimum atomic E-state index is -4.58. The van der Waals surface area contributed by atoms with E-state index in [1.54, 1.807) is 4.90 Å². The van der Waals surface area contributed by atoms with Gasteiger partial charge in [0, 0.05) is 33.3 Å². The van der Waals surface area contributed by atoms with Crippen LogP contribution in [0.3, 0.4) is 0 Å². The molecule has 0 N–H and O–H groups in total. The maximum Gasteiger partial charge on any atom is 0.417 e. The molecule has 1 aromatic carbocycles. The Hall–Kier alpha value is -2.09. The molecule has 1 aromatic rings. The van der Waals surface area contributed by atoms with Gasteiger partial charge in [-0.1, -0.05) is 12.1 Å². The number of ether oxygens (including phenoxy) is 1. The molecule has 1 aliphatic heterocycles. The Morgan fingerprint density at radius 2 is 1.71 bits per heavy atom. The number of nitrogens with zero attached hydrogens (tertiary/aromatic N) is 2. The molecule has 8 heteroatoms. The number of alkyl halides is 3. The number of benzene rings is 1. The van der Waals surface area contributed by atoms with E-state index in [9.17, 15) is 22.8 Å². The van der Waals surface area contributed by atoms with E-state index in [1.807, 2.05) is 0 Å². The van der Waals surface area contributed by atoms with Crippen molar-refractivity contribution in [1.29, 1.82) is 0 Å². The summed E-state index contributed by atoms with van der Waals surface area (Å²) in [7, 11) is 1.42. The van der Waals surface area contributed by atoms with Crippen molar-refractivity contribution in [3.05, 3.63) is 35.4 Å². The van der Waals surface area contributed by atoms with Crippen molar-refractivity contribution in [3.63, 3.8) is 0 Å². The highest BCUT2D eigenvalue weighted by Gasteiger charge is 2.36. The molecule has 0 saturated carbocycles. The Bertz CT molecular complexity index is 604. The van der Waals surface area contributed by atoms with Crippen LogP contribution in [0.25, 0.3) is 0 Å². The Labute approximate surface area is 138 Å². The normalized spacial score (nSPS) is 16.0. The van der Waals surface area contributed by atoms with Crippen molar-refractivity contribution in [3.8, 4) is 0 Å². The minimum Gasteiger partial charge on any atom is -0.375 e. The Morgan fingerprint density at radius 1 is 1.08 bits per heavy atom. The molecule has 0 atom stereocenters. The van der Waals surface area contributed by atoms with Crippen LogP contribution in [-0.2, 0) is 15.7 Å². The smallest absolute Gasteiger partial charge is 0.375 e. The third-order valence-electron chi connectivity index (χ3n) is 3.87. The topological polar surface area (TPSA) is 49.9 Å². The molecule has 0 bridgehead atoms. The van der Waals surface area contributed by atoms with Gasteiger partial charge in [-0.3, -0.25) is 9.59 Å². The number of carbonyl (C=O) groups is 2. The van der Waals surface area contributed by atoms with Crippen molar-refractivity contribution in [2.75, 3.05) is 39.9 Å². The molecular weight excluding hydrogens is 325 g/mol. The molecule has 0 radical (unpaired) electrons. The number of methoxy groups -OCH3 is 1. The van der Waals surface area contributed by atoms with Crippen molar-refractivity contribution in [2.24, 2.45) is 0 Å². The molecule has 1 fully saturated rings. The third kappa shape index (κ3) is 4.25. The van der Waals surface area contributed by atoms with Crippen LogP contribution in [-0.4, -0.2) is 61.5 Å². The zero-order chi connectivity index (χ0) is 17.7. The summed E-state index contributed by atoms with van der Waals surface area (Å²) in [5.74, 6) is -0.855. The second kappa shape index (κ2) is 7.65. The zero-order valence-corrected chi connectivity index (χ0v) is 13.3. The predicted molar refractivity (Wildman–Crippen MR) is 80.4 cm³/mol. The summed E-state index contributed by atoms with van der Waals surface area (Å²) in [5, 5.41) is 0. The highest BCUT2D eigenvalue weighted by molar-refractivity contribution is 5.96. The van der Waals surface area contributed by atoms with E-state index in [2.05, 4.69) is 0 Å². The summed E-state index contributed by atoms with van der Waals surface area (Å²) < 4.78 is 44.0. The fourth-order valence-electron chi connectivity index (χ4n) is 2.67. The molecule has 1 aliphatic rings. The Balaban J connectivity index is 2.13. The van der Waals surface area contributed by atoms with Gasteiger partial charge in [0.2, 0.25) is 5.91 Å². The molecule has 0 spiro atoms. The van der Waals surface area contributed by atoms with Gasteiger partial charge < -0.3 is 14.5 Å². The maximum absolute atomic E-state index is 13.1. The van der Waals surface area contributed by atoms with Crippen LogP contribution in [0.15, 0.2) is 24.3 Å². The number of rotatable bonds is 3. The van der Waals surface area contributed by atoms with Gasteiger partial charge in [-0.15, -0.1) is 0 Å². The lowest BCUT2D eigenvalue weighted by Crippen LogP contribution is -2.39. The van der Waals surface area contributed by atoms with Crippen LogP contribution < -0.4 is 0 Å². The quantitative estimate of drug-likeness (QED) is 0.843. The average molecular weight is 344 g/mol. The van der Waals surface area contributed by atoms with Crippen LogP contribution >= 0.6 is 0 Å². The summed E-state index contributed by atoms with van der Waals surface area (Å²) in [4.78, 5) is 27.3. The molecular formula is C16H19F3N2O3. The predicted octanol–water partition coefficient (Wildman–Crippen LogP) is 2.03. The van der Waals surface area contributed by atoms with Gasteiger partial charge in [0.15, 0.2) is 0 Å². The zero-order valence-electron chi connectivity index (χ0n) is 13.3. The number of carbonyl (C=O) groups excluding carboxylic acids is 2. The number of halogens is 3. The maximum atomic E-state index is 13.1. The molecule has 5 nitrogen and oxygen atoms in total. The van der Waals surface area contributed by atoms with E-state index in [1.165, 1.54) is 30.2 Å². The average Bonchev–Trinajstić information content (AvgIpc) is 2.79. The van der Waals surface area contributed by atoms with Gasteiger partial charge in [0.05, 0.1) is 11.1 Å². The van der Waals surface area contributed by atoms with Crippen molar-refractivity contribution in [1.82, 2.24) is 9.80 Å². The number of hydrogen-bond donors (Lipinski definition) is 0. The Kier molecular flexibility index (Phi) is 5.82. The summed E-state index contributed by atoms with van der Waals surface area (Å²) >= 11 is 0. The standard InChI is InChI=1S/C16H19F3N2O3/c1-24-11-14(22)20-7-4-8-21(10-9-20)15(23)12-5-2-3-6-13(12)16(17,18)19/h2-3,5-6H,4,7-11H2,1H3. The van der Waals surface area contributed by atoms with Crippen LogP contribution in [0.2, 0.25) is 0 Å². The molecule has 24 heavy (non-hydrogen) atoms. The van der Waals surface area contributed by atoms with Gasteiger partial charge in [0.25, 0.3) is 5.91 Å². The monoisotopic (exact) mass is 344 g/mol. The lowest BCUT2D eigenvalue weighted by atomic mass is 10.1. The SMILES string of the molecule is COCC(=O)N1CCCN(C(=O)c2ccccc2C(F)(F)F)CC1. The van der Waals surface area contributed by atoms with E-state index in [0.29, 0.717) is 19.5 Å². The van der Waals surface area contributed by atoms with E-state index in [0.717, 1.165) is 6.07 Å². The second-order valence-corrected chi connectivity index (χ2v) is 5.50. The first-order valence-corrected chi connectivity index (χ1v) is 7.57. The van der Waals surface area contributed by atoms with Crippen LogP contribution in [0.1, 0.15) is 22.3 Å². The third-order valence-corrected chi connectivity index (χ3v) is 3.87. The molecule has 0 aromatic heterocycles. The molecule has 2 amide bonds. The van der Waals surface area contributed by atoms with E-state index < -0.39 is 17.6 Å². The first kappa shape index (κ1) is 18.3. The van der Waals surface area contributed by atoms with Crippen molar-refractivity contribution >= 4 is 11.8 Å². The van der Waals surface area contributed by atoms with Gasteiger partial charge in [-0.25, -0.2) is 0 Å². The highest BCUT2D eigenvalue weighted by Crippen LogP contribution is 2.32. The molecule has 2 rings (SSSR count). The van der Waals surface area contributed by atoms with Gasteiger partial charge in [-0.05, 0) is 18.6 Å². The highest BCUT2D eigenvalue weighted by atomic mass is 19.4. The first-order valence-electron chi connectivity index (χ1n) is 7.57. The fraction of sp³-hybridized carbons (Fsp3) is 0.500. The molecule has 1 heterocycles. The minimum absolute atomic E-state index is 0.0507. The summed E-state index contributed by atoms with van der Waals surface area (Å²) in [5.41, 5.74) is -1.30. The Morgan fingerprint density at radius 3 is 2.38 bits per heavy atom. The van der Waals surface area contributed by atoms with Gasteiger partial charge in [-0.2, -0.15) is 13.2 Å². The molecule has 0 aliphatic carbocycles. The molecule has 132 valence electrons. The lowest BCUT2D eigenvalue weighted by molar-refractivity contribution is -0.138. The molecule has 1 saturated heterocycles. The van der Waals surface area contributed by atoms with Crippen LogP contribution in [0, 0.1) is 0 Å². The molecule has 0 unspecified atom stereocenters. The van der Waals surface area contributed by atoms with Crippen molar-refractivity contribution < 1.29 is 27.5 Å². The number of amides is 2. The second-order valence-electron chi connectivity index (χ2n) is 5.50. The summed E-state index contributed by atoms with van der Waals surface area (Å²) in [6.45, 7) is 1.18. The van der Waals surface area contributed by atoms with Crippen molar-refractivity contribution in [2.45, 2.75) is 12.6 Å². The summed E-state index contributed by atoms with van der Waals surface area (Å²) in [6.07, 6.45) is -4.08. The van der Waals surface area contributed by atoms with E-state index in [4.69, 9.17) is 4.74 Å². The van der Waals surface area contributed by atoms with Gasteiger partial charge >= 0.3 is 6.18 Å². The number of hydrogen-bond acceptors (Lipinski definition) is 3. The van der Waals surface area contributed by atoms with E-state index >= 15 is 0 Å². The lowest BCUT2D eigenvalue weighted by Gasteiger charge is -2.23. The van der Waals surface area contributed by atoms with E-state index in [-0.39, 0.29) is 31.2 Å². The van der Waals surface area contributed by atoms with Crippen LogP contribution in [0.5, 0.6) is 0 Å². The first-order chi connectivity index (χ1) is 11.3. The summed E-state index contributed by atoms with van der Waals surface area (Å²) in [6, 6.07) is 4.76. The van der Waals surface area contributed by atoms with Crippen LogP contribution in [0.4, 0.5) is 13.2 Å². The van der Waals surface area contributed by atoms with Gasteiger partial charge in [0.1, 0.15) is 6.61 Å².